The van der Waals surface area contributed by atoms with Crippen LogP contribution < -0.4 is 0 Å². The van der Waals surface area contributed by atoms with Gasteiger partial charge in [-0.25, -0.2) is 9.36 Å². The molecule has 0 amide bonds. The molecule has 0 fully saturated rings. The van der Waals surface area contributed by atoms with Gasteiger partial charge in [0.2, 0.25) is 0 Å². The van der Waals surface area contributed by atoms with E-state index in [9.17, 15) is 9.36 Å². The molecule has 7 heteroatoms. The van der Waals surface area contributed by atoms with Crippen molar-refractivity contribution < 1.29 is 28.3 Å². The Hall–Kier alpha value is -0.680. The van der Waals surface area contributed by atoms with Gasteiger partial charge in [-0.3, -0.25) is 9.41 Å². The molecule has 1 unspecified atom stereocenters. The van der Waals surface area contributed by atoms with Gasteiger partial charge in [-0.05, 0) is 13.3 Å². The molecular weight excluding hydrogens is 247 g/mol. The van der Waals surface area contributed by atoms with Gasteiger partial charge in [0.15, 0.2) is 0 Å². The van der Waals surface area contributed by atoms with Crippen LogP contribution >= 0.6 is 7.82 Å². The van der Waals surface area contributed by atoms with E-state index in [0.29, 0.717) is 6.42 Å². The third-order valence-electron chi connectivity index (χ3n) is 1.81. The maximum atomic E-state index is 11.2. The first kappa shape index (κ1) is 16.3. The molecule has 0 aromatic carbocycles. The Morgan fingerprint density at radius 3 is 2.53 bits per heavy atom. The van der Waals surface area contributed by atoms with Crippen molar-refractivity contribution in [3.05, 3.63) is 12.2 Å². The SMILES string of the molecule is C=C(C)C(=O)OOP(=O)(O)OCCCCCC. The largest absolute Gasteiger partial charge is 0.508 e. The number of hydrogen-bond donors (Lipinski definition) is 1. The van der Waals surface area contributed by atoms with Gasteiger partial charge in [0, 0.05) is 5.57 Å². The molecule has 1 N–H and O–H groups in total. The molecule has 0 aromatic heterocycles. The number of carbonyl (C=O) groups excluding carboxylic acids is 1. The summed E-state index contributed by atoms with van der Waals surface area (Å²) < 4.78 is 19.8. The summed E-state index contributed by atoms with van der Waals surface area (Å²) in [5.74, 6) is -0.908. The summed E-state index contributed by atoms with van der Waals surface area (Å²) in [6.45, 7) is 6.81. The van der Waals surface area contributed by atoms with Gasteiger partial charge in [0.25, 0.3) is 0 Å². The Bertz CT molecular complexity index is 301. The van der Waals surface area contributed by atoms with Gasteiger partial charge in [-0.15, -0.1) is 0 Å². The second-order valence-electron chi connectivity index (χ2n) is 3.59. The fraction of sp³-hybridized carbons (Fsp3) is 0.700. The van der Waals surface area contributed by atoms with Crippen LogP contribution in [0.4, 0.5) is 0 Å². The van der Waals surface area contributed by atoms with Gasteiger partial charge in [0.1, 0.15) is 0 Å². The molecule has 1 atom stereocenters. The van der Waals surface area contributed by atoms with Gasteiger partial charge in [-0.2, -0.15) is 0 Å². The maximum Gasteiger partial charge on any atom is 0.508 e. The maximum absolute atomic E-state index is 11.2. The highest BCUT2D eigenvalue weighted by Gasteiger charge is 2.24. The Kier molecular flexibility index (Phi) is 8.08. The third-order valence-corrected chi connectivity index (χ3v) is 2.58. The number of carbonyl (C=O) groups is 1. The first-order chi connectivity index (χ1) is 7.89. The zero-order chi connectivity index (χ0) is 13.3. The molecule has 0 aliphatic heterocycles. The van der Waals surface area contributed by atoms with E-state index in [2.05, 4.69) is 27.6 Å². The minimum absolute atomic E-state index is 0.0629. The lowest BCUT2D eigenvalue weighted by Gasteiger charge is -2.10. The molecule has 0 aliphatic carbocycles. The highest BCUT2D eigenvalue weighted by atomic mass is 31.2. The summed E-state index contributed by atoms with van der Waals surface area (Å²) in [6, 6.07) is 0. The lowest BCUT2D eigenvalue weighted by molar-refractivity contribution is -0.218. The van der Waals surface area contributed by atoms with E-state index >= 15 is 0 Å². The van der Waals surface area contributed by atoms with Crippen molar-refractivity contribution >= 4 is 13.8 Å². The Labute approximate surface area is 101 Å². The molecule has 0 heterocycles. The normalized spacial score (nSPS) is 14.1. The second kappa shape index (κ2) is 8.42. The van der Waals surface area contributed by atoms with Crippen LogP contribution in [0.5, 0.6) is 0 Å². The number of hydrogen-bond acceptors (Lipinski definition) is 5. The highest BCUT2D eigenvalue weighted by Crippen LogP contribution is 2.43. The molecule has 0 bridgehead atoms. The highest BCUT2D eigenvalue weighted by molar-refractivity contribution is 7.47. The molecule has 0 saturated heterocycles. The molecule has 0 rings (SSSR count). The minimum Gasteiger partial charge on any atom is -0.300 e. The lowest BCUT2D eigenvalue weighted by atomic mass is 10.2. The van der Waals surface area contributed by atoms with Crippen LogP contribution in [0.3, 0.4) is 0 Å². The number of phosphoric ester groups is 1. The van der Waals surface area contributed by atoms with E-state index in [0.717, 1.165) is 19.3 Å². The van der Waals surface area contributed by atoms with E-state index in [4.69, 9.17) is 4.89 Å². The molecule has 17 heavy (non-hydrogen) atoms. The zero-order valence-electron chi connectivity index (χ0n) is 10.2. The number of rotatable bonds is 9. The molecular formula is C10H19O6P. The van der Waals surface area contributed by atoms with Crippen molar-refractivity contribution in [1.82, 2.24) is 0 Å². The van der Waals surface area contributed by atoms with Crippen LogP contribution in [-0.4, -0.2) is 17.5 Å². The summed E-state index contributed by atoms with van der Waals surface area (Å²) in [4.78, 5) is 24.0. The number of unbranched alkanes of at least 4 members (excludes halogenated alkanes) is 3. The summed E-state index contributed by atoms with van der Waals surface area (Å²) in [6.07, 6.45) is 3.65. The van der Waals surface area contributed by atoms with Crippen molar-refractivity contribution in [2.24, 2.45) is 0 Å². The Morgan fingerprint density at radius 1 is 1.35 bits per heavy atom. The van der Waals surface area contributed by atoms with Crippen LogP contribution in [0.1, 0.15) is 39.5 Å². The summed E-state index contributed by atoms with van der Waals surface area (Å²) in [5, 5.41) is 0. The first-order valence-corrected chi connectivity index (χ1v) is 6.92. The summed E-state index contributed by atoms with van der Waals surface area (Å²) >= 11 is 0. The third kappa shape index (κ3) is 9.06. The van der Waals surface area contributed by atoms with E-state index in [1.807, 2.05) is 0 Å². The number of phosphoric acid groups is 1. The quantitative estimate of drug-likeness (QED) is 0.227. The average molecular weight is 266 g/mol. The molecule has 0 saturated carbocycles. The minimum atomic E-state index is -4.32. The smallest absolute Gasteiger partial charge is 0.300 e. The topological polar surface area (TPSA) is 82.1 Å². The van der Waals surface area contributed by atoms with Gasteiger partial charge < -0.3 is 4.89 Å². The average Bonchev–Trinajstić information content (AvgIpc) is 2.25. The molecule has 0 aromatic rings. The van der Waals surface area contributed by atoms with Gasteiger partial charge in [-0.1, -0.05) is 37.4 Å². The van der Waals surface area contributed by atoms with Crippen molar-refractivity contribution in [1.29, 1.82) is 0 Å². The molecule has 0 radical (unpaired) electrons. The van der Waals surface area contributed by atoms with Crippen LogP contribution in [0.15, 0.2) is 12.2 Å². The Balaban J connectivity index is 3.76. The first-order valence-electron chi connectivity index (χ1n) is 5.42. The fourth-order valence-corrected chi connectivity index (χ4v) is 1.45. The van der Waals surface area contributed by atoms with E-state index < -0.39 is 13.8 Å². The van der Waals surface area contributed by atoms with Gasteiger partial charge in [0.05, 0.1) is 6.61 Å². The summed E-state index contributed by atoms with van der Waals surface area (Å²) in [7, 11) is -4.32. The molecule has 6 nitrogen and oxygen atoms in total. The standard InChI is InChI=1S/C10H19O6P/c1-4-5-6-7-8-14-17(12,13)16-15-10(11)9(2)3/h2,4-8H2,1,3H3,(H,12,13). The van der Waals surface area contributed by atoms with Crippen molar-refractivity contribution in [2.45, 2.75) is 39.5 Å². The van der Waals surface area contributed by atoms with E-state index in [1.165, 1.54) is 6.92 Å². The fourth-order valence-electron chi connectivity index (χ4n) is 0.882. The molecule has 0 aliphatic rings. The van der Waals surface area contributed by atoms with Crippen molar-refractivity contribution in [2.75, 3.05) is 6.61 Å². The summed E-state index contributed by atoms with van der Waals surface area (Å²) in [5.41, 5.74) is 0.0629. The molecule has 0 spiro atoms. The zero-order valence-corrected chi connectivity index (χ0v) is 11.1. The van der Waals surface area contributed by atoms with Crippen molar-refractivity contribution in [3.63, 3.8) is 0 Å². The van der Waals surface area contributed by atoms with E-state index in [-0.39, 0.29) is 12.2 Å². The Morgan fingerprint density at radius 2 is 2.00 bits per heavy atom. The second-order valence-corrected chi connectivity index (χ2v) is 4.93. The van der Waals surface area contributed by atoms with Crippen LogP contribution in [0.25, 0.3) is 0 Å². The van der Waals surface area contributed by atoms with Crippen LogP contribution in [0, 0.1) is 0 Å². The van der Waals surface area contributed by atoms with Crippen LogP contribution in [0.2, 0.25) is 0 Å². The monoisotopic (exact) mass is 266 g/mol. The van der Waals surface area contributed by atoms with E-state index in [1.54, 1.807) is 0 Å². The predicted octanol–water partition coefficient (Wildman–Crippen LogP) is 2.73. The van der Waals surface area contributed by atoms with Gasteiger partial charge >= 0.3 is 13.8 Å². The van der Waals surface area contributed by atoms with Crippen molar-refractivity contribution in [3.8, 4) is 0 Å². The predicted molar refractivity (Wildman–Crippen MR) is 61.9 cm³/mol. The molecule has 100 valence electrons. The van der Waals surface area contributed by atoms with Crippen LogP contribution in [-0.2, 0) is 23.4 Å². The lowest BCUT2D eigenvalue weighted by Crippen LogP contribution is -2.06.